The first-order valence-corrected chi connectivity index (χ1v) is 19.3. The van der Waals surface area contributed by atoms with Gasteiger partial charge in [0.15, 0.2) is 0 Å². The van der Waals surface area contributed by atoms with Crippen LogP contribution in [-0.4, -0.2) is 27.6 Å². The first kappa shape index (κ1) is 38.2. The van der Waals surface area contributed by atoms with Crippen molar-refractivity contribution in [2.24, 2.45) is 5.92 Å². The van der Waals surface area contributed by atoms with Crippen LogP contribution in [0.3, 0.4) is 0 Å². The summed E-state index contributed by atoms with van der Waals surface area (Å²) in [6, 6.07) is 40.5. The molecule has 0 spiro atoms. The number of rotatable bonds is 6. The van der Waals surface area contributed by atoms with Gasteiger partial charge in [0.25, 0.3) is 5.69 Å². The third-order valence-corrected chi connectivity index (χ3v) is 10.6. The van der Waals surface area contributed by atoms with E-state index in [0.717, 1.165) is 27.9 Å². The number of hydrogen-bond donors (Lipinski definition) is 0. The number of nitrogens with zero attached hydrogens (tertiary/aromatic N) is 6. The Labute approximate surface area is 355 Å². The fraction of sp³-hybridized carbons (Fsp3) is 0.0816. The number of benzene rings is 4. The van der Waals surface area contributed by atoms with E-state index < -0.39 is 11.0 Å². The van der Waals surface area contributed by atoms with Gasteiger partial charge in [-0.1, -0.05) is 141 Å². The second kappa shape index (κ2) is 15.4. The zero-order valence-corrected chi connectivity index (χ0v) is 33.3. The number of hydrogen-bond acceptors (Lipinski definition) is 6. The molecule has 294 valence electrons. The van der Waals surface area contributed by atoms with E-state index in [1.54, 1.807) is 12.1 Å². The van der Waals surface area contributed by atoms with Gasteiger partial charge < -0.3 is 14.7 Å². The maximum Gasteiger partial charge on any atom is 2.00 e. The molecule has 0 unspecified atom stereocenters. The van der Waals surface area contributed by atoms with Gasteiger partial charge in [-0.15, -0.1) is 11.0 Å². The van der Waals surface area contributed by atoms with Gasteiger partial charge in [-0.25, -0.2) is 19.7 Å². The van der Waals surface area contributed by atoms with Crippen molar-refractivity contribution >= 4 is 69.5 Å². The van der Waals surface area contributed by atoms with Crippen LogP contribution < -0.4 is 14.9 Å². The second-order valence-electron chi connectivity index (χ2n) is 14.8. The molecular formula is C49H34N6NiO4. The minimum atomic E-state index is -0.745. The van der Waals surface area contributed by atoms with Gasteiger partial charge in [-0.2, -0.15) is 0 Å². The Kier molecular flexibility index (Phi) is 9.82. The molecule has 11 heteroatoms. The van der Waals surface area contributed by atoms with Gasteiger partial charge in [-0.05, 0) is 75.2 Å². The SMILES string of the molecule is CC(C)COC(=O)N1c2ccccc2-c2c3ccc([n-]3)c(-c3ccccc3)c3nc(c(-c4ccccc4)c4nc(c(-c5ccccc5)c5[n-]c2c1c5[N+](=O)[O-])C=C4)C=C3.[Ni+2]. The van der Waals surface area contributed by atoms with E-state index in [1.807, 2.05) is 153 Å². The number of carbonyl (C=O) groups excluding carboxylic acids is 1. The Bertz CT molecular complexity index is 3080. The summed E-state index contributed by atoms with van der Waals surface area (Å²) in [4.78, 5) is 49.9. The van der Waals surface area contributed by atoms with Crippen LogP contribution in [0.1, 0.15) is 36.6 Å². The number of nitro groups is 1. The Morgan fingerprint density at radius 3 is 1.68 bits per heavy atom. The third kappa shape index (κ3) is 6.40. The van der Waals surface area contributed by atoms with Crippen LogP contribution >= 0.6 is 0 Å². The molecule has 7 aromatic rings. The zero-order chi connectivity index (χ0) is 40.2. The molecule has 6 heterocycles. The third-order valence-electron chi connectivity index (χ3n) is 10.6. The molecule has 0 fully saturated rings. The zero-order valence-electron chi connectivity index (χ0n) is 32.4. The van der Waals surface area contributed by atoms with Crippen LogP contribution in [0.5, 0.6) is 0 Å². The predicted molar refractivity (Wildman–Crippen MR) is 234 cm³/mol. The normalized spacial score (nSPS) is 12.3. The molecule has 8 bridgehead atoms. The number of anilines is 2. The van der Waals surface area contributed by atoms with Crippen molar-refractivity contribution < 1.29 is 30.9 Å². The Balaban J connectivity index is 0.00000462. The second-order valence-corrected chi connectivity index (χ2v) is 14.8. The number of fused-ring (bicyclic) bond motifs is 10. The van der Waals surface area contributed by atoms with Crippen LogP contribution in [0.15, 0.2) is 127 Å². The summed E-state index contributed by atoms with van der Waals surface area (Å²) in [5.74, 6) is 0.0228. The number of carbonyl (C=O) groups is 1. The molecule has 3 aromatic heterocycles. The van der Waals surface area contributed by atoms with Crippen LogP contribution in [0.2, 0.25) is 0 Å². The maximum absolute atomic E-state index is 14.3. The topological polar surface area (TPSA) is 127 Å². The number of aromatic nitrogens is 4. The quantitative estimate of drug-likeness (QED) is 0.0921. The predicted octanol–water partition coefficient (Wildman–Crippen LogP) is 11.7. The van der Waals surface area contributed by atoms with E-state index in [-0.39, 0.29) is 51.4 Å². The summed E-state index contributed by atoms with van der Waals surface area (Å²) >= 11 is 0. The fourth-order valence-corrected chi connectivity index (χ4v) is 8.05. The largest absolute Gasteiger partial charge is 2.00 e. The molecule has 0 saturated heterocycles. The van der Waals surface area contributed by atoms with Crippen LogP contribution in [0.4, 0.5) is 21.9 Å². The van der Waals surface area contributed by atoms with Crippen molar-refractivity contribution in [1.29, 1.82) is 0 Å². The van der Waals surface area contributed by atoms with Gasteiger partial charge in [-0.3, -0.25) is 10.1 Å². The summed E-state index contributed by atoms with van der Waals surface area (Å²) in [6.07, 6.45) is 7.04. The molecule has 0 atom stereocenters. The van der Waals surface area contributed by atoms with Crippen molar-refractivity contribution in [3.8, 4) is 44.5 Å². The van der Waals surface area contributed by atoms with Gasteiger partial charge in [0.2, 0.25) is 0 Å². The van der Waals surface area contributed by atoms with E-state index in [1.165, 1.54) is 4.90 Å². The Hall–Kier alpha value is -7.36. The van der Waals surface area contributed by atoms with Gasteiger partial charge in [0.1, 0.15) is 5.69 Å². The van der Waals surface area contributed by atoms with E-state index in [9.17, 15) is 14.9 Å². The number of amides is 1. The van der Waals surface area contributed by atoms with Crippen molar-refractivity contribution in [2.45, 2.75) is 13.8 Å². The first-order chi connectivity index (χ1) is 28.9. The minimum absolute atomic E-state index is 0. The average Bonchev–Trinajstić information content (AvgIpc) is 4.09. The standard InChI is InChI=1S/C49H34N6O4.Ni/c1-29(2)28-59-49(56)54-40-21-13-12-20-33(40)44-39-27-25-37(52-39)42(31-16-8-4-9-17-31)35-23-22-34(50-35)41(30-14-6-3-7-15-30)36-24-26-38(51-36)43(32-18-10-5-11-19-32)45-48(55(57)58)47(54)46(44)53-45;/h3-27,29H,28H2,1-2H3;/q-2;+2. The molecule has 10 rings (SSSR count). The van der Waals surface area contributed by atoms with Crippen LogP contribution in [0.25, 0.3) is 90.9 Å². The maximum atomic E-state index is 14.3. The summed E-state index contributed by atoms with van der Waals surface area (Å²) in [6.45, 7) is 3.98. The molecule has 1 amide bonds. The van der Waals surface area contributed by atoms with Crippen molar-refractivity contribution in [1.82, 2.24) is 19.9 Å². The van der Waals surface area contributed by atoms with Gasteiger partial charge in [0, 0.05) is 11.1 Å². The molecule has 0 saturated carbocycles. The molecule has 4 aromatic carbocycles. The Morgan fingerprint density at radius 2 is 1.12 bits per heavy atom. The molecule has 0 radical (unpaired) electrons. The first-order valence-electron chi connectivity index (χ1n) is 19.3. The molecule has 3 aliphatic heterocycles. The summed E-state index contributed by atoms with van der Waals surface area (Å²) < 4.78 is 5.84. The van der Waals surface area contributed by atoms with E-state index in [0.29, 0.717) is 56.1 Å². The van der Waals surface area contributed by atoms with Crippen molar-refractivity contribution in [2.75, 3.05) is 11.5 Å². The monoisotopic (exact) mass is 828 g/mol. The summed E-state index contributed by atoms with van der Waals surface area (Å²) in [7, 11) is 0. The Morgan fingerprint density at radius 1 is 0.633 bits per heavy atom. The van der Waals surface area contributed by atoms with Gasteiger partial charge >= 0.3 is 22.6 Å². The molecule has 0 N–H and O–H groups in total. The van der Waals surface area contributed by atoms with Crippen molar-refractivity contribution in [3.63, 3.8) is 0 Å². The van der Waals surface area contributed by atoms with Crippen LogP contribution in [-0.2, 0) is 21.2 Å². The molecular weight excluding hydrogens is 795 g/mol. The van der Waals surface area contributed by atoms with E-state index in [2.05, 4.69) is 0 Å². The number of para-hydroxylation sites is 1. The summed E-state index contributed by atoms with van der Waals surface area (Å²) in [5, 5.41) is 13.7. The van der Waals surface area contributed by atoms with Crippen molar-refractivity contribution in [3.05, 3.63) is 160 Å². The number of ether oxygens (including phenoxy) is 1. The van der Waals surface area contributed by atoms with Gasteiger partial charge in [0.05, 0.1) is 40.0 Å². The molecule has 3 aliphatic rings. The van der Waals surface area contributed by atoms with Crippen LogP contribution in [0, 0.1) is 16.0 Å². The molecule has 10 nitrogen and oxygen atoms in total. The molecule has 0 aliphatic carbocycles. The minimum Gasteiger partial charge on any atom is -0.657 e. The molecule has 60 heavy (non-hydrogen) atoms. The smallest absolute Gasteiger partial charge is 0.657 e. The average molecular weight is 830 g/mol. The summed E-state index contributed by atoms with van der Waals surface area (Å²) in [5.41, 5.74) is 9.76. The fourth-order valence-electron chi connectivity index (χ4n) is 8.05. The van der Waals surface area contributed by atoms with E-state index >= 15 is 0 Å². The van der Waals surface area contributed by atoms with E-state index in [4.69, 9.17) is 24.7 Å².